The van der Waals surface area contributed by atoms with E-state index >= 15 is 0 Å². The summed E-state index contributed by atoms with van der Waals surface area (Å²) in [5.74, 6) is -0.406. The minimum Gasteiger partial charge on any atom is -0.355 e. The van der Waals surface area contributed by atoms with Gasteiger partial charge in [0.05, 0.1) is 0 Å². The number of amides is 2. The van der Waals surface area contributed by atoms with Gasteiger partial charge in [-0.3, -0.25) is 9.59 Å². The summed E-state index contributed by atoms with van der Waals surface area (Å²) in [7, 11) is 0. The lowest BCUT2D eigenvalue weighted by atomic mass is 9.86. The predicted molar refractivity (Wildman–Crippen MR) is 80.8 cm³/mol. The fourth-order valence-corrected chi connectivity index (χ4v) is 1.79. The fourth-order valence-electron chi connectivity index (χ4n) is 1.79. The molecule has 1 unspecified atom stereocenters. The number of carbonyl (C=O) groups is 2. The zero-order valence-corrected chi connectivity index (χ0v) is 12.9. The molecule has 1 aromatic rings. The standard InChI is InChI=1S/C16H24N2O2/c1-6-17-14(19)11(2)18-15(20)12-7-9-13(10-8-12)16(3,4)5/h7-11H,6H2,1-5H3,(H,17,19)(H,18,20). The molecule has 0 heterocycles. The van der Waals surface area contributed by atoms with Crippen molar-refractivity contribution in [3.8, 4) is 0 Å². The van der Waals surface area contributed by atoms with Crippen molar-refractivity contribution in [2.75, 3.05) is 6.54 Å². The third-order valence-corrected chi connectivity index (χ3v) is 3.11. The van der Waals surface area contributed by atoms with E-state index in [1.807, 2.05) is 19.1 Å². The quantitative estimate of drug-likeness (QED) is 0.886. The van der Waals surface area contributed by atoms with Crippen molar-refractivity contribution in [1.82, 2.24) is 10.6 Å². The molecule has 2 N–H and O–H groups in total. The van der Waals surface area contributed by atoms with E-state index in [9.17, 15) is 9.59 Å². The van der Waals surface area contributed by atoms with Gasteiger partial charge in [-0.1, -0.05) is 32.9 Å². The van der Waals surface area contributed by atoms with Gasteiger partial charge >= 0.3 is 0 Å². The summed E-state index contributed by atoms with van der Waals surface area (Å²) in [6.45, 7) is 10.4. The molecule has 0 bridgehead atoms. The number of hydrogen-bond donors (Lipinski definition) is 2. The lowest BCUT2D eigenvalue weighted by Gasteiger charge is -2.19. The molecule has 0 radical (unpaired) electrons. The summed E-state index contributed by atoms with van der Waals surface area (Å²) in [5, 5.41) is 5.37. The van der Waals surface area contributed by atoms with Gasteiger partial charge in [0.25, 0.3) is 5.91 Å². The summed E-state index contributed by atoms with van der Waals surface area (Å²) in [6.07, 6.45) is 0. The van der Waals surface area contributed by atoms with Crippen LogP contribution in [0.4, 0.5) is 0 Å². The number of carbonyl (C=O) groups excluding carboxylic acids is 2. The second kappa shape index (κ2) is 6.55. The van der Waals surface area contributed by atoms with Crippen LogP contribution >= 0.6 is 0 Å². The lowest BCUT2D eigenvalue weighted by Crippen LogP contribution is -2.44. The van der Waals surface area contributed by atoms with Gasteiger partial charge in [0.2, 0.25) is 5.91 Å². The topological polar surface area (TPSA) is 58.2 Å². The zero-order chi connectivity index (χ0) is 15.3. The minimum atomic E-state index is -0.537. The Bertz CT molecular complexity index is 472. The first kappa shape index (κ1) is 16.2. The Hall–Kier alpha value is -1.84. The van der Waals surface area contributed by atoms with E-state index in [-0.39, 0.29) is 17.2 Å². The molecule has 0 spiro atoms. The first-order valence-electron chi connectivity index (χ1n) is 6.94. The highest BCUT2D eigenvalue weighted by atomic mass is 16.2. The number of benzene rings is 1. The Morgan fingerprint density at radius 1 is 1.15 bits per heavy atom. The van der Waals surface area contributed by atoms with E-state index in [1.54, 1.807) is 19.1 Å². The van der Waals surface area contributed by atoms with E-state index in [4.69, 9.17) is 0 Å². The van der Waals surface area contributed by atoms with Crippen molar-refractivity contribution >= 4 is 11.8 Å². The summed E-state index contributed by atoms with van der Waals surface area (Å²) in [4.78, 5) is 23.6. The molecule has 0 aliphatic heterocycles. The van der Waals surface area contributed by atoms with Crippen molar-refractivity contribution in [3.05, 3.63) is 35.4 Å². The van der Waals surface area contributed by atoms with Crippen LogP contribution in [0.1, 0.15) is 50.5 Å². The molecular weight excluding hydrogens is 252 g/mol. The molecule has 4 nitrogen and oxygen atoms in total. The number of nitrogens with one attached hydrogen (secondary N) is 2. The maximum absolute atomic E-state index is 12.0. The molecular formula is C16H24N2O2. The Kier molecular flexibility index (Phi) is 5.31. The molecule has 0 aromatic heterocycles. The summed E-state index contributed by atoms with van der Waals surface area (Å²) < 4.78 is 0. The monoisotopic (exact) mass is 276 g/mol. The molecule has 0 aliphatic carbocycles. The molecule has 110 valence electrons. The summed E-state index contributed by atoms with van der Waals surface area (Å²) >= 11 is 0. The van der Waals surface area contributed by atoms with Gasteiger partial charge in [-0.15, -0.1) is 0 Å². The van der Waals surface area contributed by atoms with Crippen molar-refractivity contribution in [1.29, 1.82) is 0 Å². The Labute approximate surface area is 121 Å². The van der Waals surface area contributed by atoms with Crippen LogP contribution in [0.5, 0.6) is 0 Å². The second-order valence-electron chi connectivity index (χ2n) is 5.92. The van der Waals surface area contributed by atoms with Gasteiger partial charge in [-0.25, -0.2) is 0 Å². The van der Waals surface area contributed by atoms with Crippen molar-refractivity contribution in [2.45, 2.75) is 46.1 Å². The predicted octanol–water partition coefficient (Wildman–Crippen LogP) is 2.24. The fraction of sp³-hybridized carbons (Fsp3) is 0.500. The molecule has 0 saturated heterocycles. The Morgan fingerprint density at radius 3 is 2.15 bits per heavy atom. The van der Waals surface area contributed by atoms with Crippen molar-refractivity contribution in [3.63, 3.8) is 0 Å². The first-order chi connectivity index (χ1) is 9.25. The molecule has 1 atom stereocenters. The molecule has 2 amide bonds. The van der Waals surface area contributed by atoms with Gasteiger partial charge < -0.3 is 10.6 Å². The summed E-state index contributed by atoms with van der Waals surface area (Å²) in [5.41, 5.74) is 1.79. The lowest BCUT2D eigenvalue weighted by molar-refractivity contribution is -0.122. The Morgan fingerprint density at radius 2 is 1.70 bits per heavy atom. The number of rotatable bonds is 4. The molecule has 1 rings (SSSR count). The van der Waals surface area contributed by atoms with Crippen LogP contribution in [-0.4, -0.2) is 24.4 Å². The highest BCUT2D eigenvalue weighted by Gasteiger charge is 2.17. The average Bonchev–Trinajstić information content (AvgIpc) is 2.38. The first-order valence-corrected chi connectivity index (χ1v) is 6.94. The van der Waals surface area contributed by atoms with Crippen LogP contribution in [0.25, 0.3) is 0 Å². The molecule has 0 aliphatic rings. The average molecular weight is 276 g/mol. The molecule has 1 aromatic carbocycles. The zero-order valence-electron chi connectivity index (χ0n) is 12.9. The second-order valence-corrected chi connectivity index (χ2v) is 5.92. The van der Waals surface area contributed by atoms with Crippen molar-refractivity contribution in [2.24, 2.45) is 0 Å². The largest absolute Gasteiger partial charge is 0.355 e. The van der Waals surface area contributed by atoms with Gasteiger partial charge in [0, 0.05) is 12.1 Å². The molecule has 4 heteroatoms. The molecule has 0 fully saturated rings. The highest BCUT2D eigenvalue weighted by Crippen LogP contribution is 2.22. The smallest absolute Gasteiger partial charge is 0.251 e. The van der Waals surface area contributed by atoms with Crippen LogP contribution in [0.15, 0.2) is 24.3 Å². The van der Waals surface area contributed by atoms with E-state index < -0.39 is 6.04 Å². The van der Waals surface area contributed by atoms with Gasteiger partial charge in [0.1, 0.15) is 6.04 Å². The van der Waals surface area contributed by atoms with E-state index in [0.29, 0.717) is 12.1 Å². The van der Waals surface area contributed by atoms with Crippen LogP contribution < -0.4 is 10.6 Å². The van der Waals surface area contributed by atoms with E-state index in [1.165, 1.54) is 5.56 Å². The van der Waals surface area contributed by atoms with Gasteiger partial charge in [-0.05, 0) is 37.0 Å². The maximum Gasteiger partial charge on any atom is 0.251 e. The molecule has 20 heavy (non-hydrogen) atoms. The van der Waals surface area contributed by atoms with Crippen LogP contribution in [-0.2, 0) is 10.2 Å². The third-order valence-electron chi connectivity index (χ3n) is 3.11. The minimum absolute atomic E-state index is 0.0588. The number of likely N-dealkylation sites (N-methyl/N-ethyl adjacent to an activating group) is 1. The molecule has 0 saturated carbocycles. The highest BCUT2D eigenvalue weighted by molar-refractivity contribution is 5.97. The van der Waals surface area contributed by atoms with E-state index in [0.717, 1.165) is 0 Å². The van der Waals surface area contributed by atoms with Crippen molar-refractivity contribution < 1.29 is 9.59 Å². The normalized spacial score (nSPS) is 12.7. The Balaban J connectivity index is 2.71. The van der Waals surface area contributed by atoms with Crippen LogP contribution in [0.2, 0.25) is 0 Å². The van der Waals surface area contributed by atoms with Gasteiger partial charge in [0.15, 0.2) is 0 Å². The van der Waals surface area contributed by atoms with Gasteiger partial charge in [-0.2, -0.15) is 0 Å². The summed E-state index contributed by atoms with van der Waals surface area (Å²) in [6, 6.07) is 6.95. The van der Waals surface area contributed by atoms with Crippen LogP contribution in [0.3, 0.4) is 0 Å². The maximum atomic E-state index is 12.0. The third kappa shape index (κ3) is 4.37. The van der Waals surface area contributed by atoms with Crippen LogP contribution in [0, 0.1) is 0 Å². The van der Waals surface area contributed by atoms with E-state index in [2.05, 4.69) is 31.4 Å². The SMILES string of the molecule is CCNC(=O)C(C)NC(=O)c1ccc(C(C)(C)C)cc1. The number of hydrogen-bond acceptors (Lipinski definition) is 2.